The number of rotatable bonds is 0. The molecule has 0 atom stereocenters. The Morgan fingerprint density at radius 3 is 1.50 bits per heavy atom. The van der Waals surface area contributed by atoms with Crippen molar-refractivity contribution in [2.45, 2.75) is 0 Å². The molecule has 1 N–H and O–H groups in total. The molecule has 0 spiro atoms. The van der Waals surface area contributed by atoms with Crippen LogP contribution in [-0.4, -0.2) is 12.2 Å². The summed E-state index contributed by atoms with van der Waals surface area (Å²) in [7, 11) is 5.78. The third-order valence-corrected chi connectivity index (χ3v) is 0. The molecular formula is CH4ClHfO. The molecule has 0 aromatic carbocycles. The van der Waals surface area contributed by atoms with Gasteiger partial charge in [-0.2, -0.15) is 0 Å². The summed E-state index contributed by atoms with van der Waals surface area (Å²) in [6, 6.07) is 0. The average Bonchev–Trinajstić information content (AvgIpc) is 1.50. The van der Waals surface area contributed by atoms with E-state index in [1.807, 2.05) is 0 Å². The molecule has 0 heterocycles. The third-order valence-electron chi connectivity index (χ3n) is 0. The van der Waals surface area contributed by atoms with Gasteiger partial charge in [-0.05, 0) is 0 Å². The van der Waals surface area contributed by atoms with Crippen LogP contribution in [0.15, 0.2) is 0 Å². The van der Waals surface area contributed by atoms with E-state index < -0.39 is 0 Å². The summed E-state index contributed by atoms with van der Waals surface area (Å²) in [6.45, 7) is 0. The monoisotopic (exact) mass is 247 g/mol. The van der Waals surface area contributed by atoms with Crippen LogP contribution in [0.4, 0.5) is 0 Å². The summed E-state index contributed by atoms with van der Waals surface area (Å²) in [6.07, 6.45) is 0. The van der Waals surface area contributed by atoms with Crippen LogP contribution >= 0.6 is 8.58 Å². The van der Waals surface area contributed by atoms with Crippen LogP contribution in [-0.2, 0) is 23.2 Å². The van der Waals surface area contributed by atoms with E-state index in [4.69, 9.17) is 13.7 Å². The zero-order valence-corrected chi connectivity index (χ0v) is 6.67. The molecule has 0 aliphatic heterocycles. The predicted octanol–water partition coefficient (Wildman–Crippen LogP) is 0.295. The Morgan fingerprint density at radius 1 is 1.50 bits per heavy atom. The molecule has 0 aliphatic rings. The summed E-state index contributed by atoms with van der Waals surface area (Å²) in [5.74, 6) is 0. The molecule has 0 saturated heterocycles. The zero-order valence-electron chi connectivity index (χ0n) is 2.33. The normalized spacial score (nSPS) is 2.50. The van der Waals surface area contributed by atoms with Crippen molar-refractivity contribution in [1.29, 1.82) is 0 Å². The SMILES string of the molecule is CO.[Cl][Hf]. The van der Waals surface area contributed by atoms with E-state index in [-0.39, 0.29) is 0 Å². The molecule has 1 nitrogen and oxygen atoms in total. The fraction of sp³-hybridized carbons (Fsp3) is 1.00. The first-order valence-corrected chi connectivity index (χ1v) is 5.09. The van der Waals surface area contributed by atoms with Crippen molar-refractivity contribution in [1.82, 2.24) is 0 Å². The van der Waals surface area contributed by atoms with Gasteiger partial charge in [0.2, 0.25) is 0 Å². The summed E-state index contributed by atoms with van der Waals surface area (Å²) >= 11 is 0.778. The van der Waals surface area contributed by atoms with Gasteiger partial charge in [-0.3, -0.25) is 0 Å². The number of hydrogen-bond donors (Lipinski definition) is 1. The van der Waals surface area contributed by atoms with E-state index in [1.54, 1.807) is 0 Å². The van der Waals surface area contributed by atoms with Gasteiger partial charge >= 0.3 is 31.8 Å². The molecule has 0 saturated carbocycles. The van der Waals surface area contributed by atoms with E-state index in [1.165, 1.54) is 0 Å². The molecular weight excluding hydrogens is 242 g/mol. The fourth-order valence-electron chi connectivity index (χ4n) is 0. The Bertz CT molecular complexity index is 8.00. The topological polar surface area (TPSA) is 20.2 Å². The Labute approximate surface area is 44.1 Å². The van der Waals surface area contributed by atoms with E-state index in [9.17, 15) is 0 Å². The van der Waals surface area contributed by atoms with Gasteiger partial charge in [0, 0.05) is 7.11 Å². The number of aliphatic hydroxyl groups is 1. The van der Waals surface area contributed by atoms with E-state index in [0.29, 0.717) is 0 Å². The minimum absolute atomic E-state index is 0.778. The van der Waals surface area contributed by atoms with Gasteiger partial charge < -0.3 is 5.11 Å². The van der Waals surface area contributed by atoms with Gasteiger partial charge in [0.15, 0.2) is 0 Å². The molecule has 4 heavy (non-hydrogen) atoms. The van der Waals surface area contributed by atoms with Crippen molar-refractivity contribution in [3.63, 3.8) is 0 Å². The van der Waals surface area contributed by atoms with Crippen molar-refractivity contribution < 1.29 is 28.3 Å². The van der Waals surface area contributed by atoms with Gasteiger partial charge in [-0.25, -0.2) is 0 Å². The van der Waals surface area contributed by atoms with Crippen molar-refractivity contribution in [2.75, 3.05) is 7.11 Å². The van der Waals surface area contributed by atoms with Crippen molar-refractivity contribution in [3.05, 3.63) is 0 Å². The zero-order chi connectivity index (χ0) is 4.00. The molecule has 0 radical (unpaired) electrons. The van der Waals surface area contributed by atoms with Crippen LogP contribution in [0.3, 0.4) is 0 Å². The van der Waals surface area contributed by atoms with E-state index in [2.05, 4.69) is 0 Å². The van der Waals surface area contributed by atoms with Crippen LogP contribution in [0, 0.1) is 0 Å². The summed E-state index contributed by atoms with van der Waals surface area (Å²) in [5.41, 5.74) is 0. The van der Waals surface area contributed by atoms with Gasteiger partial charge in [0.25, 0.3) is 0 Å². The summed E-state index contributed by atoms with van der Waals surface area (Å²) in [4.78, 5) is 0. The second-order valence-electron chi connectivity index (χ2n) is 0. The quantitative estimate of drug-likeness (QED) is 0.609. The van der Waals surface area contributed by atoms with Crippen molar-refractivity contribution >= 4 is 8.58 Å². The van der Waals surface area contributed by atoms with Crippen LogP contribution in [0.2, 0.25) is 0 Å². The van der Waals surface area contributed by atoms with Crippen molar-refractivity contribution in [3.8, 4) is 0 Å². The van der Waals surface area contributed by atoms with Crippen LogP contribution in [0.25, 0.3) is 0 Å². The first-order valence-electron chi connectivity index (χ1n) is 0.636. The maximum atomic E-state index is 7.00. The standard InChI is InChI=1S/CH4O.ClH.Hf/c1-2;;/h2H,1H3;1H;/q;;+1/p-1. The summed E-state index contributed by atoms with van der Waals surface area (Å²) < 4.78 is 0. The second-order valence-corrected chi connectivity index (χ2v) is 0. The molecule has 0 fully saturated rings. The molecule has 0 aliphatic carbocycles. The van der Waals surface area contributed by atoms with E-state index in [0.717, 1.165) is 30.3 Å². The first kappa shape index (κ1) is 8.93. The Hall–Kier alpha value is 1.12. The van der Waals surface area contributed by atoms with Gasteiger partial charge in [-0.1, -0.05) is 0 Å². The van der Waals surface area contributed by atoms with Crippen molar-refractivity contribution in [2.24, 2.45) is 0 Å². The van der Waals surface area contributed by atoms with Gasteiger partial charge in [-0.15, -0.1) is 0 Å². The molecule has 0 bridgehead atoms. The Balaban J connectivity index is 0. The minimum atomic E-state index is 0.778. The van der Waals surface area contributed by atoms with Crippen LogP contribution in [0.1, 0.15) is 0 Å². The van der Waals surface area contributed by atoms with Gasteiger partial charge in [0.05, 0.1) is 0 Å². The molecule has 0 aromatic rings. The number of hydrogen-bond acceptors (Lipinski definition) is 1. The maximum absolute atomic E-state index is 7.00. The molecule has 0 amide bonds. The summed E-state index contributed by atoms with van der Waals surface area (Å²) in [5, 5.41) is 7.00. The predicted molar refractivity (Wildman–Crippen MR) is 14.0 cm³/mol. The van der Waals surface area contributed by atoms with Crippen LogP contribution < -0.4 is 0 Å². The number of halogens is 1. The van der Waals surface area contributed by atoms with Gasteiger partial charge in [0.1, 0.15) is 0 Å². The molecule has 25 valence electrons. The molecule has 0 unspecified atom stereocenters. The first-order chi connectivity index (χ1) is 2.00. The molecule has 0 aromatic heterocycles. The Morgan fingerprint density at radius 2 is 1.50 bits per heavy atom. The molecule has 3 heteroatoms. The average molecular weight is 246 g/mol. The molecule has 0 rings (SSSR count). The second kappa shape index (κ2) is 32.0. The Kier molecular flexibility index (Phi) is 71.4. The third kappa shape index (κ3) is 11.2. The fourth-order valence-corrected chi connectivity index (χ4v) is 0. The van der Waals surface area contributed by atoms with Crippen LogP contribution in [0.5, 0.6) is 0 Å². The number of aliphatic hydroxyl groups excluding tert-OH is 1. The van der Waals surface area contributed by atoms with E-state index >= 15 is 0 Å².